The third-order valence-corrected chi connectivity index (χ3v) is 5.22. The van der Waals surface area contributed by atoms with Gasteiger partial charge in [0.05, 0.1) is 11.2 Å². The van der Waals surface area contributed by atoms with E-state index in [9.17, 15) is 4.21 Å². The summed E-state index contributed by atoms with van der Waals surface area (Å²) in [5, 5.41) is 2.08. The van der Waals surface area contributed by atoms with Crippen molar-refractivity contribution in [3.05, 3.63) is 16.6 Å². The molecule has 0 aliphatic carbocycles. The molecule has 0 N–H and O–H groups in total. The Morgan fingerprint density at radius 2 is 2.19 bits per heavy atom. The highest BCUT2D eigenvalue weighted by atomic mass is 32.2. The Balaban J connectivity index is 2.70. The Labute approximate surface area is 105 Å². The summed E-state index contributed by atoms with van der Waals surface area (Å²) in [6, 6.07) is 0. The van der Waals surface area contributed by atoms with Crippen molar-refractivity contribution < 1.29 is 4.21 Å². The summed E-state index contributed by atoms with van der Waals surface area (Å²) in [6.07, 6.45) is 2.19. The van der Waals surface area contributed by atoms with Gasteiger partial charge in [0.25, 0.3) is 0 Å². The maximum atomic E-state index is 12.1. The SMILES string of the molecule is CCCC(C[S@@](=O)C(C)(C)C)c1cscn1. The van der Waals surface area contributed by atoms with Crippen LogP contribution in [0.2, 0.25) is 0 Å². The molecule has 1 aromatic heterocycles. The van der Waals surface area contributed by atoms with E-state index >= 15 is 0 Å². The van der Waals surface area contributed by atoms with Crippen molar-refractivity contribution in [1.82, 2.24) is 4.98 Å². The second-order valence-corrected chi connectivity index (χ2v) is 7.99. The largest absolute Gasteiger partial charge is 0.259 e. The van der Waals surface area contributed by atoms with Crippen LogP contribution in [0.1, 0.15) is 52.1 Å². The highest BCUT2D eigenvalue weighted by molar-refractivity contribution is 7.86. The summed E-state index contributed by atoms with van der Waals surface area (Å²) in [7, 11) is -0.789. The molecule has 0 aromatic carbocycles. The average Bonchev–Trinajstić information content (AvgIpc) is 2.68. The molecule has 16 heavy (non-hydrogen) atoms. The molecule has 0 aliphatic heterocycles. The molecule has 0 radical (unpaired) electrons. The second-order valence-electron chi connectivity index (χ2n) is 5.02. The van der Waals surface area contributed by atoms with E-state index in [2.05, 4.69) is 17.3 Å². The number of aromatic nitrogens is 1. The summed E-state index contributed by atoms with van der Waals surface area (Å²) < 4.78 is 12.0. The molecular weight excluding hydrogens is 238 g/mol. The number of nitrogens with zero attached hydrogens (tertiary/aromatic N) is 1. The first-order valence-electron chi connectivity index (χ1n) is 5.71. The summed E-state index contributed by atoms with van der Waals surface area (Å²) in [6.45, 7) is 8.27. The van der Waals surface area contributed by atoms with Gasteiger partial charge in [-0.2, -0.15) is 0 Å². The molecule has 1 unspecified atom stereocenters. The van der Waals surface area contributed by atoms with Crippen LogP contribution in [0.25, 0.3) is 0 Å². The molecule has 0 aliphatic rings. The van der Waals surface area contributed by atoms with Crippen molar-refractivity contribution in [2.75, 3.05) is 5.75 Å². The smallest absolute Gasteiger partial charge is 0.0794 e. The molecule has 2 nitrogen and oxygen atoms in total. The molecule has 0 saturated carbocycles. The first kappa shape index (κ1) is 13.8. The molecule has 4 heteroatoms. The van der Waals surface area contributed by atoms with E-state index in [0.717, 1.165) is 24.3 Å². The van der Waals surface area contributed by atoms with E-state index in [1.807, 2.05) is 26.3 Å². The van der Waals surface area contributed by atoms with E-state index in [4.69, 9.17) is 0 Å². The van der Waals surface area contributed by atoms with Crippen molar-refractivity contribution in [2.24, 2.45) is 0 Å². The van der Waals surface area contributed by atoms with Crippen molar-refractivity contribution in [1.29, 1.82) is 0 Å². The zero-order valence-electron chi connectivity index (χ0n) is 10.5. The molecule has 0 spiro atoms. The third-order valence-electron chi connectivity index (χ3n) is 2.54. The lowest BCUT2D eigenvalue weighted by molar-refractivity contribution is 0.616. The Morgan fingerprint density at radius 1 is 1.50 bits per heavy atom. The maximum Gasteiger partial charge on any atom is 0.0794 e. The van der Waals surface area contributed by atoms with Crippen LogP contribution in [-0.4, -0.2) is 19.7 Å². The lowest BCUT2D eigenvalue weighted by Crippen LogP contribution is -2.26. The van der Waals surface area contributed by atoms with E-state index < -0.39 is 10.8 Å². The van der Waals surface area contributed by atoms with Crippen LogP contribution in [0.3, 0.4) is 0 Å². The molecule has 0 saturated heterocycles. The van der Waals surface area contributed by atoms with Crippen LogP contribution in [0, 0.1) is 0 Å². The van der Waals surface area contributed by atoms with Crippen molar-refractivity contribution in [3.63, 3.8) is 0 Å². The molecule has 0 fully saturated rings. The monoisotopic (exact) mass is 259 g/mol. The summed E-state index contributed by atoms with van der Waals surface area (Å²) >= 11 is 1.62. The Kier molecular flexibility index (Phi) is 5.12. The lowest BCUT2D eigenvalue weighted by atomic mass is 10.0. The van der Waals surface area contributed by atoms with Crippen LogP contribution in [0.15, 0.2) is 10.9 Å². The Hall–Kier alpha value is -0.220. The van der Waals surface area contributed by atoms with E-state index in [1.165, 1.54) is 0 Å². The highest BCUT2D eigenvalue weighted by Gasteiger charge is 2.24. The number of hydrogen-bond acceptors (Lipinski definition) is 3. The summed E-state index contributed by atoms with van der Waals surface area (Å²) in [5.74, 6) is 1.09. The Bertz CT molecular complexity index is 327. The first-order valence-corrected chi connectivity index (χ1v) is 7.98. The standard InChI is InChI=1S/C12H21NOS2/c1-5-6-10(11-7-15-9-13-11)8-16(14)12(2,3)4/h7,9-10H,5-6,8H2,1-4H3/t10?,16-/m1/s1. The number of hydrogen-bond donors (Lipinski definition) is 0. The third kappa shape index (κ3) is 3.98. The van der Waals surface area contributed by atoms with Gasteiger partial charge in [0.2, 0.25) is 0 Å². The minimum atomic E-state index is -0.789. The van der Waals surface area contributed by atoms with Gasteiger partial charge in [-0.15, -0.1) is 11.3 Å². The minimum Gasteiger partial charge on any atom is -0.259 e. The van der Waals surface area contributed by atoms with Gasteiger partial charge in [0, 0.05) is 32.6 Å². The molecule has 92 valence electrons. The van der Waals surface area contributed by atoms with Gasteiger partial charge < -0.3 is 0 Å². The van der Waals surface area contributed by atoms with Crippen molar-refractivity contribution >= 4 is 22.1 Å². The molecule has 1 heterocycles. The van der Waals surface area contributed by atoms with E-state index in [0.29, 0.717) is 5.92 Å². The summed E-state index contributed by atoms with van der Waals surface area (Å²) in [5.41, 5.74) is 2.97. The molecule has 2 atom stereocenters. The van der Waals surface area contributed by atoms with Gasteiger partial charge in [-0.05, 0) is 27.2 Å². The molecule has 1 aromatic rings. The highest BCUT2D eigenvalue weighted by Crippen LogP contribution is 2.25. The minimum absolute atomic E-state index is 0.123. The summed E-state index contributed by atoms with van der Waals surface area (Å²) in [4.78, 5) is 4.35. The fourth-order valence-electron chi connectivity index (χ4n) is 1.52. The molecule has 1 rings (SSSR count). The quantitative estimate of drug-likeness (QED) is 0.809. The zero-order valence-corrected chi connectivity index (χ0v) is 12.2. The second kappa shape index (κ2) is 5.92. The fraction of sp³-hybridized carbons (Fsp3) is 0.750. The first-order chi connectivity index (χ1) is 7.45. The van der Waals surface area contributed by atoms with Gasteiger partial charge in [-0.25, -0.2) is 4.98 Å². The van der Waals surface area contributed by atoms with E-state index in [-0.39, 0.29) is 4.75 Å². The molecular formula is C12H21NOS2. The number of rotatable bonds is 5. The topological polar surface area (TPSA) is 30.0 Å². The maximum absolute atomic E-state index is 12.1. The molecule has 0 bridgehead atoms. The van der Waals surface area contributed by atoms with Crippen molar-refractivity contribution in [3.8, 4) is 0 Å². The molecule has 0 amide bonds. The Morgan fingerprint density at radius 3 is 2.62 bits per heavy atom. The van der Waals surface area contributed by atoms with Gasteiger partial charge in [0.1, 0.15) is 0 Å². The van der Waals surface area contributed by atoms with Gasteiger partial charge in [-0.1, -0.05) is 13.3 Å². The number of thiazole rings is 1. The lowest BCUT2D eigenvalue weighted by Gasteiger charge is -2.21. The van der Waals surface area contributed by atoms with Crippen LogP contribution in [-0.2, 0) is 10.8 Å². The zero-order chi connectivity index (χ0) is 12.2. The van der Waals surface area contributed by atoms with E-state index in [1.54, 1.807) is 11.3 Å². The van der Waals surface area contributed by atoms with Crippen LogP contribution >= 0.6 is 11.3 Å². The van der Waals surface area contributed by atoms with Gasteiger partial charge in [-0.3, -0.25) is 4.21 Å². The fourth-order valence-corrected chi connectivity index (χ4v) is 3.36. The average molecular weight is 259 g/mol. The van der Waals surface area contributed by atoms with Gasteiger partial charge >= 0.3 is 0 Å². The van der Waals surface area contributed by atoms with Gasteiger partial charge in [0.15, 0.2) is 0 Å². The van der Waals surface area contributed by atoms with Crippen LogP contribution in [0.5, 0.6) is 0 Å². The predicted molar refractivity (Wildman–Crippen MR) is 72.5 cm³/mol. The predicted octanol–water partition coefficient (Wildman–Crippen LogP) is 3.57. The van der Waals surface area contributed by atoms with Crippen molar-refractivity contribution in [2.45, 2.75) is 51.2 Å². The van der Waals surface area contributed by atoms with Crippen LogP contribution in [0.4, 0.5) is 0 Å². The normalized spacial score (nSPS) is 16.0. The van der Waals surface area contributed by atoms with Crippen LogP contribution < -0.4 is 0 Å².